The summed E-state index contributed by atoms with van der Waals surface area (Å²) in [5.41, 5.74) is 7.05. The highest BCUT2D eigenvalue weighted by molar-refractivity contribution is 5.72. The van der Waals surface area contributed by atoms with Gasteiger partial charge in [0.1, 0.15) is 17.1 Å². The number of nitrogens with zero attached hydrogens (tertiary/aromatic N) is 2. The summed E-state index contributed by atoms with van der Waals surface area (Å²) >= 11 is 0. The van der Waals surface area contributed by atoms with Crippen molar-refractivity contribution in [1.29, 1.82) is 0 Å². The Morgan fingerprint density at radius 3 is 2.94 bits per heavy atom. The molecule has 0 aliphatic carbocycles. The van der Waals surface area contributed by atoms with E-state index in [1.165, 1.54) is 0 Å². The van der Waals surface area contributed by atoms with E-state index < -0.39 is 0 Å². The first kappa shape index (κ1) is 10.5. The topological polar surface area (TPSA) is 81.5 Å². The van der Waals surface area contributed by atoms with Crippen LogP contribution in [-0.4, -0.2) is 11.7 Å². The Morgan fingerprint density at radius 2 is 2.19 bits per heavy atom. The Kier molecular flexibility index (Phi) is 3.07. The average molecular weight is 217 g/mol. The molecule has 5 nitrogen and oxygen atoms in total. The molecule has 0 radical (unpaired) electrons. The Hall–Kier alpha value is -2.01. The summed E-state index contributed by atoms with van der Waals surface area (Å²) in [6.07, 6.45) is 0.629. The maximum absolute atomic E-state index is 10.6. The lowest BCUT2D eigenvalue weighted by Gasteiger charge is -1.96. The molecule has 0 atom stereocenters. The molecule has 0 bridgehead atoms. The normalized spacial score (nSPS) is 10.3. The molecule has 1 heterocycles. The molecule has 2 rings (SSSR count). The molecule has 0 aliphatic rings. The summed E-state index contributed by atoms with van der Waals surface area (Å²) in [7, 11) is 0. The third-order valence-corrected chi connectivity index (χ3v) is 2.23. The van der Waals surface area contributed by atoms with Crippen LogP contribution in [0, 0.1) is 4.91 Å². The molecule has 0 amide bonds. The number of hydrogen-bond acceptors (Lipinski definition) is 5. The first-order valence-corrected chi connectivity index (χ1v) is 4.93. The third-order valence-electron chi connectivity index (χ3n) is 2.23. The van der Waals surface area contributed by atoms with Crippen molar-refractivity contribution in [3.63, 3.8) is 0 Å². The van der Waals surface area contributed by atoms with E-state index in [0.29, 0.717) is 35.7 Å². The van der Waals surface area contributed by atoms with Crippen molar-refractivity contribution in [2.24, 2.45) is 10.9 Å². The highest BCUT2D eigenvalue weighted by atomic mass is 16.5. The van der Waals surface area contributed by atoms with Crippen LogP contribution < -0.4 is 5.73 Å². The van der Waals surface area contributed by atoms with Crippen LogP contribution >= 0.6 is 0 Å². The molecule has 0 fully saturated rings. The number of benzene rings is 1. The lowest BCUT2D eigenvalue weighted by Crippen LogP contribution is -2.01. The van der Waals surface area contributed by atoms with Gasteiger partial charge in [-0.05, 0) is 17.8 Å². The molecule has 0 aliphatic heterocycles. The fraction of sp³-hybridized carbons (Fsp3) is 0.182. The molecule has 82 valence electrons. The van der Waals surface area contributed by atoms with Gasteiger partial charge in [0.05, 0.1) is 0 Å². The fourth-order valence-corrected chi connectivity index (χ4v) is 1.47. The van der Waals surface area contributed by atoms with Gasteiger partial charge in [0, 0.05) is 18.1 Å². The van der Waals surface area contributed by atoms with Crippen molar-refractivity contribution in [2.75, 3.05) is 6.54 Å². The predicted molar refractivity (Wildman–Crippen MR) is 60.2 cm³/mol. The van der Waals surface area contributed by atoms with Gasteiger partial charge in [-0.3, -0.25) is 0 Å². The number of nitroso groups, excluding NO2 is 1. The second kappa shape index (κ2) is 4.67. The van der Waals surface area contributed by atoms with E-state index in [0.717, 1.165) is 0 Å². The molecule has 2 aromatic rings. The number of rotatable bonds is 4. The molecule has 0 unspecified atom stereocenters. The van der Waals surface area contributed by atoms with E-state index in [-0.39, 0.29) is 0 Å². The molecule has 16 heavy (non-hydrogen) atoms. The number of nitrogens with two attached hydrogens (primary N) is 1. The second-order valence-corrected chi connectivity index (χ2v) is 3.33. The minimum absolute atomic E-state index is 0.357. The van der Waals surface area contributed by atoms with Crippen molar-refractivity contribution in [2.45, 2.75) is 6.42 Å². The molecule has 1 aromatic carbocycles. The zero-order valence-electron chi connectivity index (χ0n) is 8.59. The SMILES string of the molecule is NCCc1cc(-c2ccccc2N=O)no1. The average Bonchev–Trinajstić information content (AvgIpc) is 2.78. The number of aromatic nitrogens is 1. The zero-order chi connectivity index (χ0) is 11.4. The van der Waals surface area contributed by atoms with Crippen molar-refractivity contribution >= 4 is 5.69 Å². The van der Waals surface area contributed by atoms with Crippen LogP contribution in [0.25, 0.3) is 11.3 Å². The van der Waals surface area contributed by atoms with Gasteiger partial charge in [0.15, 0.2) is 0 Å². The Labute approximate surface area is 92.2 Å². The first-order chi connectivity index (χ1) is 7.85. The van der Waals surface area contributed by atoms with Crippen LogP contribution in [0.1, 0.15) is 5.76 Å². The summed E-state index contributed by atoms with van der Waals surface area (Å²) in [5.74, 6) is 0.707. The Bertz CT molecular complexity index is 493. The Morgan fingerprint density at radius 1 is 1.38 bits per heavy atom. The highest BCUT2D eigenvalue weighted by Gasteiger charge is 2.10. The van der Waals surface area contributed by atoms with Crippen molar-refractivity contribution in [1.82, 2.24) is 5.16 Å². The maximum Gasteiger partial charge on any atom is 0.138 e. The van der Waals surface area contributed by atoms with Gasteiger partial charge in [0.2, 0.25) is 0 Å². The Balaban J connectivity index is 2.38. The fourth-order valence-electron chi connectivity index (χ4n) is 1.47. The minimum atomic E-state index is 0.357. The molecule has 0 saturated carbocycles. The van der Waals surface area contributed by atoms with Gasteiger partial charge in [-0.15, -0.1) is 4.91 Å². The van der Waals surface area contributed by atoms with E-state index >= 15 is 0 Å². The molecular formula is C11H11N3O2. The standard InChI is InChI=1S/C11H11N3O2/c12-6-5-8-7-11(14-16-8)9-3-1-2-4-10(9)13-15/h1-4,7H,5-6,12H2. The van der Waals surface area contributed by atoms with E-state index in [9.17, 15) is 4.91 Å². The summed E-state index contributed by atoms with van der Waals surface area (Å²) in [6, 6.07) is 8.76. The van der Waals surface area contributed by atoms with Crippen LogP contribution in [0.5, 0.6) is 0 Å². The minimum Gasteiger partial charge on any atom is -0.361 e. The van der Waals surface area contributed by atoms with Crippen LogP contribution in [-0.2, 0) is 6.42 Å². The van der Waals surface area contributed by atoms with E-state index in [1.54, 1.807) is 24.3 Å². The lowest BCUT2D eigenvalue weighted by atomic mass is 10.1. The van der Waals surface area contributed by atoms with Crippen LogP contribution in [0.3, 0.4) is 0 Å². The van der Waals surface area contributed by atoms with Gasteiger partial charge in [-0.2, -0.15) is 0 Å². The molecule has 2 N–H and O–H groups in total. The highest BCUT2D eigenvalue weighted by Crippen LogP contribution is 2.29. The van der Waals surface area contributed by atoms with Gasteiger partial charge < -0.3 is 10.3 Å². The zero-order valence-corrected chi connectivity index (χ0v) is 8.59. The predicted octanol–water partition coefficient (Wildman–Crippen LogP) is 2.24. The third kappa shape index (κ3) is 1.99. The van der Waals surface area contributed by atoms with Crippen molar-refractivity contribution in [3.8, 4) is 11.3 Å². The van der Waals surface area contributed by atoms with Crippen LogP contribution in [0.15, 0.2) is 40.0 Å². The van der Waals surface area contributed by atoms with Crippen LogP contribution in [0.4, 0.5) is 5.69 Å². The van der Waals surface area contributed by atoms with Crippen molar-refractivity contribution < 1.29 is 4.52 Å². The number of hydrogen-bond donors (Lipinski definition) is 1. The van der Waals surface area contributed by atoms with E-state index in [4.69, 9.17) is 10.3 Å². The molecule has 5 heteroatoms. The largest absolute Gasteiger partial charge is 0.361 e. The van der Waals surface area contributed by atoms with Gasteiger partial charge in [-0.25, -0.2) is 0 Å². The lowest BCUT2D eigenvalue weighted by molar-refractivity contribution is 0.386. The van der Waals surface area contributed by atoms with E-state index in [2.05, 4.69) is 10.3 Å². The molecule has 0 saturated heterocycles. The van der Waals surface area contributed by atoms with Gasteiger partial charge in [0.25, 0.3) is 0 Å². The molecular weight excluding hydrogens is 206 g/mol. The van der Waals surface area contributed by atoms with Gasteiger partial charge >= 0.3 is 0 Å². The quantitative estimate of drug-likeness (QED) is 0.796. The summed E-state index contributed by atoms with van der Waals surface area (Å²) in [5, 5.41) is 6.83. The summed E-state index contributed by atoms with van der Waals surface area (Å²) in [4.78, 5) is 10.6. The summed E-state index contributed by atoms with van der Waals surface area (Å²) < 4.78 is 5.09. The smallest absolute Gasteiger partial charge is 0.138 e. The summed E-state index contributed by atoms with van der Waals surface area (Å²) in [6.45, 7) is 0.502. The molecule has 1 aromatic heterocycles. The van der Waals surface area contributed by atoms with Crippen LogP contribution in [0.2, 0.25) is 0 Å². The molecule has 0 spiro atoms. The van der Waals surface area contributed by atoms with Crippen molar-refractivity contribution in [3.05, 3.63) is 41.0 Å². The van der Waals surface area contributed by atoms with E-state index in [1.807, 2.05) is 6.07 Å². The van der Waals surface area contributed by atoms with Gasteiger partial charge in [-0.1, -0.05) is 23.4 Å². The first-order valence-electron chi connectivity index (χ1n) is 4.93. The maximum atomic E-state index is 10.6. The second-order valence-electron chi connectivity index (χ2n) is 3.33. The monoisotopic (exact) mass is 217 g/mol.